The van der Waals surface area contributed by atoms with E-state index in [4.69, 9.17) is 0 Å². The van der Waals surface area contributed by atoms with Gasteiger partial charge in [0.15, 0.2) is 0 Å². The molecule has 1 aromatic carbocycles. The van der Waals surface area contributed by atoms with Gasteiger partial charge in [0.05, 0.1) is 6.04 Å². The van der Waals surface area contributed by atoms with Crippen molar-refractivity contribution in [3.63, 3.8) is 0 Å². The zero-order chi connectivity index (χ0) is 12.8. The second kappa shape index (κ2) is 6.55. The minimum Gasteiger partial charge on any atom is -0.340 e. The van der Waals surface area contributed by atoms with Gasteiger partial charge in [-0.05, 0) is 24.9 Å². The maximum absolute atomic E-state index is 12.3. The molecule has 1 N–H and O–H groups in total. The van der Waals surface area contributed by atoms with Gasteiger partial charge in [-0.1, -0.05) is 43.2 Å². The predicted octanol–water partition coefficient (Wildman–Crippen LogP) is 2.18. The van der Waals surface area contributed by atoms with Gasteiger partial charge in [0, 0.05) is 13.6 Å². The highest BCUT2D eigenvalue weighted by Gasteiger charge is 2.22. The fraction of sp³-hybridized carbons (Fsp3) is 0.533. The number of carbonyl (C=O) groups excluding carboxylic acids is 1. The van der Waals surface area contributed by atoms with Crippen LogP contribution in [0, 0.1) is 0 Å². The first-order chi connectivity index (χ1) is 8.77. The van der Waals surface area contributed by atoms with Crippen LogP contribution in [0.15, 0.2) is 30.3 Å². The van der Waals surface area contributed by atoms with Gasteiger partial charge < -0.3 is 10.2 Å². The average Bonchev–Trinajstić information content (AvgIpc) is 2.68. The molecule has 0 saturated carbocycles. The number of carbonyl (C=O) groups is 1. The van der Waals surface area contributed by atoms with Crippen LogP contribution >= 0.6 is 0 Å². The highest BCUT2D eigenvalue weighted by atomic mass is 16.2. The van der Waals surface area contributed by atoms with Gasteiger partial charge in [0.25, 0.3) is 0 Å². The van der Waals surface area contributed by atoms with Crippen molar-refractivity contribution in [2.75, 3.05) is 13.6 Å². The number of hydrogen-bond donors (Lipinski definition) is 1. The largest absolute Gasteiger partial charge is 0.340 e. The van der Waals surface area contributed by atoms with Crippen molar-refractivity contribution < 1.29 is 4.79 Å². The van der Waals surface area contributed by atoms with Gasteiger partial charge in [0.2, 0.25) is 5.91 Å². The van der Waals surface area contributed by atoms with Crippen molar-refractivity contribution in [3.8, 4) is 0 Å². The standard InChI is InChI=1S/C15H22N2O/c1-17(12-13-8-4-2-5-9-13)15(18)14-10-6-3-7-11-16-14/h2,4-5,8-9,14,16H,3,6-7,10-12H2,1H3. The lowest BCUT2D eigenvalue weighted by molar-refractivity contribution is -0.132. The summed E-state index contributed by atoms with van der Waals surface area (Å²) in [7, 11) is 1.89. The lowest BCUT2D eigenvalue weighted by atomic mass is 10.1. The molecular formula is C15H22N2O. The Balaban J connectivity index is 1.91. The highest BCUT2D eigenvalue weighted by Crippen LogP contribution is 2.11. The first-order valence-electron chi connectivity index (χ1n) is 6.79. The molecule has 0 bridgehead atoms. The van der Waals surface area contributed by atoms with E-state index in [2.05, 4.69) is 17.4 Å². The van der Waals surface area contributed by atoms with Crippen LogP contribution in [-0.2, 0) is 11.3 Å². The fourth-order valence-electron chi connectivity index (χ4n) is 2.44. The first kappa shape index (κ1) is 13.1. The Labute approximate surface area is 109 Å². The molecule has 1 saturated heterocycles. The Bertz CT molecular complexity index is 369. The quantitative estimate of drug-likeness (QED) is 0.886. The number of likely N-dealkylation sites (N-methyl/N-ethyl adjacent to an activating group) is 1. The van der Waals surface area contributed by atoms with Crippen molar-refractivity contribution in [1.82, 2.24) is 10.2 Å². The maximum atomic E-state index is 12.3. The van der Waals surface area contributed by atoms with Gasteiger partial charge in [0.1, 0.15) is 0 Å². The lowest BCUT2D eigenvalue weighted by Gasteiger charge is -2.23. The number of nitrogens with zero attached hydrogens (tertiary/aromatic N) is 1. The van der Waals surface area contributed by atoms with E-state index in [1.54, 1.807) is 0 Å². The second-order valence-electron chi connectivity index (χ2n) is 5.04. The molecule has 0 aliphatic carbocycles. The first-order valence-corrected chi connectivity index (χ1v) is 6.79. The number of nitrogens with one attached hydrogen (secondary N) is 1. The molecule has 1 aromatic rings. The highest BCUT2D eigenvalue weighted by molar-refractivity contribution is 5.81. The number of benzene rings is 1. The van der Waals surface area contributed by atoms with Crippen LogP contribution in [0.25, 0.3) is 0 Å². The summed E-state index contributed by atoms with van der Waals surface area (Å²) in [5, 5.41) is 3.36. The molecule has 2 rings (SSSR count). The molecular weight excluding hydrogens is 224 g/mol. The third kappa shape index (κ3) is 3.57. The van der Waals surface area contributed by atoms with Gasteiger partial charge in [-0.25, -0.2) is 0 Å². The Hall–Kier alpha value is -1.35. The average molecular weight is 246 g/mol. The van der Waals surface area contributed by atoms with Gasteiger partial charge in [-0.3, -0.25) is 4.79 Å². The topological polar surface area (TPSA) is 32.3 Å². The summed E-state index contributed by atoms with van der Waals surface area (Å²) < 4.78 is 0. The van der Waals surface area contributed by atoms with Crippen LogP contribution in [0.5, 0.6) is 0 Å². The fourth-order valence-corrected chi connectivity index (χ4v) is 2.44. The molecule has 1 unspecified atom stereocenters. The zero-order valence-electron chi connectivity index (χ0n) is 11.1. The maximum Gasteiger partial charge on any atom is 0.239 e. The van der Waals surface area contributed by atoms with Crippen LogP contribution in [-0.4, -0.2) is 30.4 Å². The molecule has 0 spiro atoms. The number of rotatable bonds is 3. The molecule has 0 aromatic heterocycles. The molecule has 1 heterocycles. The molecule has 18 heavy (non-hydrogen) atoms. The lowest BCUT2D eigenvalue weighted by Crippen LogP contribution is -2.44. The van der Waals surface area contributed by atoms with E-state index < -0.39 is 0 Å². The van der Waals surface area contributed by atoms with E-state index >= 15 is 0 Å². The summed E-state index contributed by atoms with van der Waals surface area (Å²) in [6.07, 6.45) is 4.55. The van der Waals surface area contributed by atoms with Crippen molar-refractivity contribution >= 4 is 5.91 Å². The predicted molar refractivity (Wildman–Crippen MR) is 73.2 cm³/mol. The molecule has 1 aliphatic heterocycles. The molecule has 98 valence electrons. The van der Waals surface area contributed by atoms with Crippen molar-refractivity contribution in [2.45, 2.75) is 38.3 Å². The third-order valence-corrected chi connectivity index (χ3v) is 3.50. The van der Waals surface area contributed by atoms with Crippen molar-refractivity contribution in [2.24, 2.45) is 0 Å². The van der Waals surface area contributed by atoms with Crippen LogP contribution in [0.3, 0.4) is 0 Å². The van der Waals surface area contributed by atoms with Crippen LogP contribution in [0.2, 0.25) is 0 Å². The Kier molecular flexibility index (Phi) is 4.76. The molecule has 3 heteroatoms. The van der Waals surface area contributed by atoms with Crippen LogP contribution in [0.4, 0.5) is 0 Å². The van der Waals surface area contributed by atoms with E-state index in [0.717, 1.165) is 19.4 Å². The van der Waals surface area contributed by atoms with Crippen molar-refractivity contribution in [1.29, 1.82) is 0 Å². The Morgan fingerprint density at radius 2 is 2.06 bits per heavy atom. The number of amides is 1. The SMILES string of the molecule is CN(Cc1ccccc1)C(=O)C1CCCCCN1. The van der Waals surface area contributed by atoms with E-state index in [9.17, 15) is 4.79 Å². The molecule has 1 fully saturated rings. The second-order valence-corrected chi connectivity index (χ2v) is 5.04. The molecule has 0 radical (unpaired) electrons. The number of hydrogen-bond acceptors (Lipinski definition) is 2. The smallest absolute Gasteiger partial charge is 0.239 e. The Morgan fingerprint density at radius 3 is 2.83 bits per heavy atom. The minimum atomic E-state index is 0.0150. The molecule has 3 nitrogen and oxygen atoms in total. The molecule has 1 amide bonds. The summed E-state index contributed by atoms with van der Waals surface area (Å²) in [5.74, 6) is 0.223. The Morgan fingerprint density at radius 1 is 1.28 bits per heavy atom. The van der Waals surface area contributed by atoms with E-state index in [1.807, 2.05) is 30.1 Å². The monoisotopic (exact) mass is 246 g/mol. The summed E-state index contributed by atoms with van der Waals surface area (Å²) in [6.45, 7) is 1.66. The molecule has 1 aliphatic rings. The summed E-state index contributed by atoms with van der Waals surface area (Å²) in [6, 6.07) is 10.2. The summed E-state index contributed by atoms with van der Waals surface area (Å²) in [4.78, 5) is 14.2. The van der Waals surface area contributed by atoms with Crippen LogP contribution in [0.1, 0.15) is 31.2 Å². The van der Waals surface area contributed by atoms with E-state index in [-0.39, 0.29) is 11.9 Å². The third-order valence-electron chi connectivity index (χ3n) is 3.50. The molecule has 1 atom stereocenters. The van der Waals surface area contributed by atoms with E-state index in [0.29, 0.717) is 6.54 Å². The van der Waals surface area contributed by atoms with Gasteiger partial charge in [-0.2, -0.15) is 0 Å². The van der Waals surface area contributed by atoms with Gasteiger partial charge >= 0.3 is 0 Å². The van der Waals surface area contributed by atoms with Gasteiger partial charge in [-0.15, -0.1) is 0 Å². The van der Waals surface area contributed by atoms with E-state index in [1.165, 1.54) is 18.4 Å². The van der Waals surface area contributed by atoms with Crippen LogP contribution < -0.4 is 5.32 Å². The van der Waals surface area contributed by atoms with Crippen molar-refractivity contribution in [3.05, 3.63) is 35.9 Å². The summed E-state index contributed by atoms with van der Waals surface area (Å²) in [5.41, 5.74) is 1.18. The normalized spacial score (nSPS) is 20.2. The zero-order valence-corrected chi connectivity index (χ0v) is 11.1. The minimum absolute atomic E-state index is 0.0150. The summed E-state index contributed by atoms with van der Waals surface area (Å²) >= 11 is 0.